The van der Waals surface area contributed by atoms with E-state index in [0.29, 0.717) is 0 Å². The minimum atomic E-state index is -1.88. The Morgan fingerprint density at radius 3 is 2.07 bits per heavy atom. The molecule has 1 fully saturated rings. The molecule has 2 atom stereocenters. The van der Waals surface area contributed by atoms with Gasteiger partial charge >= 0.3 is 0 Å². The van der Waals surface area contributed by atoms with Gasteiger partial charge in [0.25, 0.3) is 8.32 Å². The highest BCUT2D eigenvalue weighted by atomic mass is 28.4. The average molecular weight is 232 g/mol. The zero-order valence-corrected chi connectivity index (χ0v) is 11.6. The van der Waals surface area contributed by atoms with Gasteiger partial charge in [-0.05, 0) is 25.4 Å². The van der Waals surface area contributed by atoms with E-state index in [-0.39, 0.29) is 11.5 Å². The number of epoxide rings is 1. The van der Waals surface area contributed by atoms with E-state index in [2.05, 4.69) is 27.7 Å². The Labute approximate surface area is 94.2 Å². The first kappa shape index (κ1) is 13.2. The lowest BCUT2D eigenvalue weighted by Gasteiger charge is -2.33. The average Bonchev–Trinajstić information content (AvgIpc) is 2.92. The summed E-state index contributed by atoms with van der Waals surface area (Å²) in [6.45, 7) is 9.34. The van der Waals surface area contributed by atoms with Gasteiger partial charge in [0.05, 0.1) is 0 Å². The minimum absolute atomic E-state index is 0.204. The van der Waals surface area contributed by atoms with E-state index in [9.17, 15) is 0 Å². The second kappa shape index (κ2) is 4.95. The first-order chi connectivity index (χ1) is 7.12. The van der Waals surface area contributed by atoms with Gasteiger partial charge in [-0.25, -0.2) is 0 Å². The molecule has 1 heterocycles. The van der Waals surface area contributed by atoms with Crippen LogP contribution in [0.5, 0.6) is 0 Å². The van der Waals surface area contributed by atoms with Gasteiger partial charge in [0, 0.05) is 13.7 Å². The van der Waals surface area contributed by atoms with Crippen LogP contribution in [0.15, 0.2) is 0 Å². The predicted octanol–water partition coefficient (Wildman–Crippen LogP) is 2.70. The first-order valence-electron chi connectivity index (χ1n) is 5.99. The van der Waals surface area contributed by atoms with Gasteiger partial charge in [-0.2, -0.15) is 0 Å². The van der Waals surface area contributed by atoms with Gasteiger partial charge in [-0.1, -0.05) is 20.8 Å². The van der Waals surface area contributed by atoms with Crippen molar-refractivity contribution < 1.29 is 13.9 Å². The van der Waals surface area contributed by atoms with Crippen molar-refractivity contribution in [2.75, 3.05) is 13.7 Å². The topological polar surface area (TPSA) is 31.0 Å². The molecule has 0 radical (unpaired) electrons. The van der Waals surface area contributed by atoms with Gasteiger partial charge in [0.1, 0.15) is 6.10 Å². The smallest absolute Gasteiger partial charge is 0.259 e. The SMILES string of the molecule is CCCOC1([Si](CC)(CC)OC)OC1C. The molecule has 3 nitrogen and oxygen atoms in total. The number of hydrogen-bond donors (Lipinski definition) is 0. The molecule has 1 rings (SSSR count). The molecule has 0 saturated carbocycles. The third-order valence-corrected chi connectivity index (χ3v) is 8.52. The molecular formula is C11H24O3Si. The van der Waals surface area contributed by atoms with Crippen LogP contribution in [0.3, 0.4) is 0 Å². The van der Waals surface area contributed by atoms with Gasteiger partial charge in [0.15, 0.2) is 0 Å². The standard InChI is InChI=1S/C11H24O3Si/c1-6-9-13-11(10(4)14-11)15(7-2,8-3)12-5/h10H,6-9H2,1-5H3. The van der Waals surface area contributed by atoms with Crippen LogP contribution in [0, 0.1) is 0 Å². The monoisotopic (exact) mass is 232 g/mol. The predicted molar refractivity (Wildman–Crippen MR) is 63.2 cm³/mol. The minimum Gasteiger partial charge on any atom is -0.414 e. The molecule has 0 N–H and O–H groups in total. The van der Waals surface area contributed by atoms with Gasteiger partial charge in [-0.3, -0.25) is 0 Å². The molecular weight excluding hydrogens is 208 g/mol. The quantitative estimate of drug-likeness (QED) is 0.499. The summed E-state index contributed by atoms with van der Waals surface area (Å²) in [5.74, 6) is 0. The van der Waals surface area contributed by atoms with Crippen LogP contribution in [0.4, 0.5) is 0 Å². The van der Waals surface area contributed by atoms with Crippen molar-refractivity contribution in [3.8, 4) is 0 Å². The summed E-state index contributed by atoms with van der Waals surface area (Å²) in [4.78, 5) is 0. The Morgan fingerprint density at radius 1 is 1.27 bits per heavy atom. The normalized spacial score (nSPS) is 30.6. The molecule has 0 amide bonds. The second-order valence-electron chi connectivity index (χ2n) is 4.18. The van der Waals surface area contributed by atoms with Crippen LogP contribution in [0.25, 0.3) is 0 Å². The van der Waals surface area contributed by atoms with E-state index in [4.69, 9.17) is 13.9 Å². The van der Waals surface area contributed by atoms with Crippen LogP contribution < -0.4 is 0 Å². The Balaban J connectivity index is 2.79. The summed E-state index contributed by atoms with van der Waals surface area (Å²) >= 11 is 0. The summed E-state index contributed by atoms with van der Waals surface area (Å²) in [5, 5.41) is 0. The Kier molecular flexibility index (Phi) is 4.35. The van der Waals surface area contributed by atoms with Crippen LogP contribution >= 0.6 is 0 Å². The molecule has 0 spiro atoms. The maximum atomic E-state index is 5.95. The van der Waals surface area contributed by atoms with E-state index in [0.717, 1.165) is 25.1 Å². The Bertz CT molecular complexity index is 198. The third-order valence-electron chi connectivity index (χ3n) is 3.52. The molecule has 15 heavy (non-hydrogen) atoms. The molecule has 0 aliphatic carbocycles. The fourth-order valence-electron chi connectivity index (χ4n) is 2.42. The Hall–Kier alpha value is 0.0969. The van der Waals surface area contributed by atoms with Crippen LogP contribution in [0.1, 0.15) is 34.1 Å². The van der Waals surface area contributed by atoms with E-state index in [1.165, 1.54) is 0 Å². The fourth-order valence-corrected chi connectivity index (χ4v) is 6.26. The lowest BCUT2D eigenvalue weighted by atomic mass is 10.5. The highest BCUT2D eigenvalue weighted by molar-refractivity contribution is 6.77. The van der Waals surface area contributed by atoms with Crippen LogP contribution in [-0.4, -0.2) is 33.5 Å². The van der Waals surface area contributed by atoms with Crippen molar-refractivity contribution in [1.82, 2.24) is 0 Å². The summed E-state index contributed by atoms with van der Waals surface area (Å²) < 4.78 is 17.5. The van der Waals surface area contributed by atoms with E-state index < -0.39 is 8.32 Å². The number of rotatable bonds is 7. The molecule has 0 bridgehead atoms. The zero-order valence-electron chi connectivity index (χ0n) is 10.6. The van der Waals surface area contributed by atoms with Gasteiger partial charge in [0.2, 0.25) is 5.41 Å². The molecule has 90 valence electrons. The van der Waals surface area contributed by atoms with Gasteiger partial charge < -0.3 is 13.9 Å². The molecule has 0 aromatic rings. The van der Waals surface area contributed by atoms with E-state index >= 15 is 0 Å². The zero-order chi connectivity index (χ0) is 11.5. The van der Waals surface area contributed by atoms with Crippen molar-refractivity contribution in [3.05, 3.63) is 0 Å². The van der Waals surface area contributed by atoms with Crippen molar-refractivity contribution in [2.24, 2.45) is 0 Å². The Morgan fingerprint density at radius 2 is 1.80 bits per heavy atom. The maximum absolute atomic E-state index is 5.95. The molecule has 4 heteroatoms. The molecule has 1 aliphatic heterocycles. The van der Waals surface area contributed by atoms with Gasteiger partial charge in [-0.15, -0.1) is 0 Å². The fraction of sp³-hybridized carbons (Fsp3) is 1.00. The lowest BCUT2D eigenvalue weighted by molar-refractivity contribution is -0.00499. The lowest BCUT2D eigenvalue weighted by Crippen LogP contribution is -2.54. The molecule has 0 aromatic heterocycles. The summed E-state index contributed by atoms with van der Waals surface area (Å²) in [6, 6.07) is 2.10. The number of ether oxygens (including phenoxy) is 2. The summed E-state index contributed by atoms with van der Waals surface area (Å²) in [5.41, 5.74) is -0.360. The van der Waals surface area contributed by atoms with Crippen molar-refractivity contribution in [2.45, 2.75) is 57.7 Å². The summed E-state index contributed by atoms with van der Waals surface area (Å²) in [7, 11) is -0.0685. The third kappa shape index (κ3) is 2.00. The highest BCUT2D eigenvalue weighted by Gasteiger charge is 2.69. The van der Waals surface area contributed by atoms with E-state index in [1.54, 1.807) is 0 Å². The number of hydrogen-bond acceptors (Lipinski definition) is 3. The highest BCUT2D eigenvalue weighted by Crippen LogP contribution is 2.48. The van der Waals surface area contributed by atoms with Crippen molar-refractivity contribution in [3.63, 3.8) is 0 Å². The van der Waals surface area contributed by atoms with E-state index in [1.807, 2.05) is 7.11 Å². The molecule has 1 aliphatic rings. The van der Waals surface area contributed by atoms with Crippen LogP contribution in [-0.2, 0) is 13.9 Å². The second-order valence-corrected chi connectivity index (χ2v) is 8.69. The molecule has 2 unspecified atom stereocenters. The molecule has 1 saturated heterocycles. The van der Waals surface area contributed by atoms with Crippen molar-refractivity contribution >= 4 is 8.32 Å². The first-order valence-corrected chi connectivity index (χ1v) is 8.31. The van der Waals surface area contributed by atoms with Crippen LogP contribution in [0.2, 0.25) is 12.1 Å². The largest absolute Gasteiger partial charge is 0.414 e. The molecule has 0 aromatic carbocycles. The maximum Gasteiger partial charge on any atom is 0.259 e. The summed E-state index contributed by atoms with van der Waals surface area (Å²) in [6.07, 6.45) is 1.23. The van der Waals surface area contributed by atoms with Crippen molar-refractivity contribution in [1.29, 1.82) is 0 Å².